The van der Waals surface area contributed by atoms with E-state index in [1.54, 1.807) is 18.6 Å². The number of aryl methyl sites for hydroxylation is 1. The van der Waals surface area contributed by atoms with Crippen molar-refractivity contribution in [2.75, 3.05) is 0 Å². The Labute approximate surface area is 123 Å². The molecule has 0 aliphatic heterocycles. The smallest absolute Gasteiger partial charge is 0.306 e. The maximum absolute atomic E-state index is 11.7. The highest BCUT2D eigenvalue weighted by Gasteiger charge is 2.05. The Hall–Kier alpha value is -2.55. The molecule has 106 valence electrons. The molecule has 3 aromatic rings. The maximum atomic E-state index is 11.7. The minimum absolute atomic E-state index is 0.190. The number of benzene rings is 2. The molecule has 21 heavy (non-hydrogen) atoms. The zero-order valence-electron chi connectivity index (χ0n) is 11.6. The van der Waals surface area contributed by atoms with E-state index in [2.05, 4.69) is 30.3 Å². The summed E-state index contributed by atoms with van der Waals surface area (Å²) in [6, 6.07) is 16.3. The van der Waals surface area contributed by atoms with Gasteiger partial charge in [-0.2, -0.15) is 0 Å². The Balaban J connectivity index is 1.54. The monoisotopic (exact) mass is 280 g/mol. The van der Waals surface area contributed by atoms with Crippen LogP contribution >= 0.6 is 0 Å². The lowest BCUT2D eigenvalue weighted by molar-refractivity contribution is -0.144. The Kier molecular flexibility index (Phi) is 4.01. The number of fused-ring (bicyclic) bond motifs is 1. The molecule has 0 saturated carbocycles. The molecule has 0 aliphatic rings. The third-order valence-corrected chi connectivity index (χ3v) is 3.41. The highest BCUT2D eigenvalue weighted by atomic mass is 16.5. The number of esters is 1. The number of ether oxygens (including phenoxy) is 1. The molecular weight excluding hydrogens is 264 g/mol. The lowest BCUT2D eigenvalue weighted by Gasteiger charge is -2.05. The van der Waals surface area contributed by atoms with Crippen molar-refractivity contribution in [2.24, 2.45) is 0 Å². The molecule has 0 fully saturated rings. The molecule has 0 bridgehead atoms. The second-order valence-corrected chi connectivity index (χ2v) is 4.97. The van der Waals surface area contributed by atoms with Crippen LogP contribution in [0.25, 0.3) is 10.8 Å². The number of hydrogen-bond donors (Lipinski definition) is 0. The van der Waals surface area contributed by atoms with Gasteiger partial charge < -0.3 is 9.15 Å². The fraction of sp³-hybridized carbons (Fsp3) is 0.167. The standard InChI is InChI=1S/C18H16O3/c19-18(21-13-15-9-10-20-12-15)8-6-14-5-7-16-3-1-2-4-17(16)11-14/h1-5,7,9-12H,6,8,13H2. The quantitative estimate of drug-likeness (QED) is 0.660. The number of hydrogen-bond acceptors (Lipinski definition) is 3. The summed E-state index contributed by atoms with van der Waals surface area (Å²) < 4.78 is 10.1. The number of furan rings is 1. The Morgan fingerprint density at radius 1 is 1.00 bits per heavy atom. The second-order valence-electron chi connectivity index (χ2n) is 4.97. The summed E-state index contributed by atoms with van der Waals surface area (Å²) in [6.07, 6.45) is 4.22. The number of carbonyl (C=O) groups is 1. The molecule has 3 rings (SSSR count). The molecule has 0 amide bonds. The van der Waals surface area contributed by atoms with E-state index in [0.717, 1.165) is 11.1 Å². The first-order valence-electron chi connectivity index (χ1n) is 6.96. The first-order chi connectivity index (χ1) is 10.3. The van der Waals surface area contributed by atoms with E-state index in [1.165, 1.54) is 10.8 Å². The summed E-state index contributed by atoms with van der Waals surface area (Å²) >= 11 is 0. The van der Waals surface area contributed by atoms with E-state index in [9.17, 15) is 4.79 Å². The van der Waals surface area contributed by atoms with Gasteiger partial charge in [0.2, 0.25) is 0 Å². The van der Waals surface area contributed by atoms with Crippen molar-refractivity contribution in [2.45, 2.75) is 19.4 Å². The van der Waals surface area contributed by atoms with Crippen LogP contribution < -0.4 is 0 Å². The Bertz CT molecular complexity index is 729. The zero-order chi connectivity index (χ0) is 14.5. The molecule has 0 saturated heterocycles. The predicted molar refractivity (Wildman–Crippen MR) is 80.8 cm³/mol. The van der Waals surface area contributed by atoms with Crippen molar-refractivity contribution in [3.8, 4) is 0 Å². The van der Waals surface area contributed by atoms with E-state index in [4.69, 9.17) is 9.15 Å². The van der Waals surface area contributed by atoms with Gasteiger partial charge in [-0.05, 0) is 28.8 Å². The molecule has 0 N–H and O–H groups in total. The van der Waals surface area contributed by atoms with Gasteiger partial charge in [-0.1, -0.05) is 42.5 Å². The predicted octanol–water partition coefficient (Wildman–Crippen LogP) is 4.11. The minimum Gasteiger partial charge on any atom is -0.472 e. The summed E-state index contributed by atoms with van der Waals surface area (Å²) in [5.74, 6) is -0.190. The lowest BCUT2D eigenvalue weighted by Crippen LogP contribution is -2.05. The van der Waals surface area contributed by atoms with Crippen LogP contribution in [-0.4, -0.2) is 5.97 Å². The largest absolute Gasteiger partial charge is 0.472 e. The SMILES string of the molecule is O=C(CCc1ccc2ccccc2c1)OCc1ccoc1. The van der Waals surface area contributed by atoms with Crippen LogP contribution in [0.5, 0.6) is 0 Å². The van der Waals surface area contributed by atoms with E-state index in [1.807, 2.05) is 12.1 Å². The summed E-state index contributed by atoms with van der Waals surface area (Å²) in [5, 5.41) is 2.41. The molecule has 3 heteroatoms. The molecule has 2 aromatic carbocycles. The zero-order valence-corrected chi connectivity index (χ0v) is 11.6. The number of carbonyl (C=O) groups excluding carboxylic acids is 1. The van der Waals surface area contributed by atoms with Gasteiger partial charge in [-0.3, -0.25) is 4.79 Å². The van der Waals surface area contributed by atoms with Crippen LogP contribution in [0.3, 0.4) is 0 Å². The van der Waals surface area contributed by atoms with Crippen LogP contribution in [0.15, 0.2) is 65.5 Å². The van der Waals surface area contributed by atoms with Crippen molar-refractivity contribution < 1.29 is 13.9 Å². The van der Waals surface area contributed by atoms with Gasteiger partial charge in [0.15, 0.2) is 0 Å². The number of rotatable bonds is 5. The molecule has 0 unspecified atom stereocenters. The normalized spacial score (nSPS) is 10.7. The molecule has 0 aliphatic carbocycles. The highest BCUT2D eigenvalue weighted by Crippen LogP contribution is 2.16. The van der Waals surface area contributed by atoms with Gasteiger partial charge in [0, 0.05) is 12.0 Å². The fourth-order valence-corrected chi connectivity index (χ4v) is 2.25. The summed E-state index contributed by atoms with van der Waals surface area (Å²) in [4.78, 5) is 11.7. The van der Waals surface area contributed by atoms with E-state index in [-0.39, 0.29) is 12.6 Å². The lowest BCUT2D eigenvalue weighted by atomic mass is 10.0. The van der Waals surface area contributed by atoms with Crippen LogP contribution in [0, 0.1) is 0 Å². The summed E-state index contributed by atoms with van der Waals surface area (Å²) in [7, 11) is 0. The maximum Gasteiger partial charge on any atom is 0.306 e. The molecule has 0 spiro atoms. The highest BCUT2D eigenvalue weighted by molar-refractivity contribution is 5.83. The van der Waals surface area contributed by atoms with Gasteiger partial charge in [-0.15, -0.1) is 0 Å². The molecule has 1 heterocycles. The van der Waals surface area contributed by atoms with Crippen molar-refractivity contribution in [3.05, 3.63) is 72.2 Å². The molecule has 0 atom stereocenters. The van der Waals surface area contributed by atoms with Crippen molar-refractivity contribution >= 4 is 16.7 Å². The van der Waals surface area contributed by atoms with Crippen molar-refractivity contribution in [1.29, 1.82) is 0 Å². The van der Waals surface area contributed by atoms with Gasteiger partial charge in [0.25, 0.3) is 0 Å². The average Bonchev–Trinajstić information content (AvgIpc) is 3.04. The van der Waals surface area contributed by atoms with Crippen molar-refractivity contribution in [1.82, 2.24) is 0 Å². The van der Waals surface area contributed by atoms with Crippen molar-refractivity contribution in [3.63, 3.8) is 0 Å². The fourth-order valence-electron chi connectivity index (χ4n) is 2.25. The van der Waals surface area contributed by atoms with Gasteiger partial charge >= 0.3 is 5.97 Å². The molecule has 1 aromatic heterocycles. The van der Waals surface area contributed by atoms with Gasteiger partial charge in [-0.25, -0.2) is 0 Å². The van der Waals surface area contributed by atoms with E-state index in [0.29, 0.717) is 12.8 Å². The topological polar surface area (TPSA) is 39.4 Å². The minimum atomic E-state index is -0.190. The first-order valence-corrected chi connectivity index (χ1v) is 6.96. The average molecular weight is 280 g/mol. The first kappa shape index (κ1) is 13.4. The van der Waals surface area contributed by atoms with E-state index < -0.39 is 0 Å². The van der Waals surface area contributed by atoms with Crippen LogP contribution in [0.2, 0.25) is 0 Å². The molecule has 0 radical (unpaired) electrons. The van der Waals surface area contributed by atoms with Crippen LogP contribution in [-0.2, 0) is 22.6 Å². The van der Waals surface area contributed by atoms with Gasteiger partial charge in [0.1, 0.15) is 6.61 Å². The second kappa shape index (κ2) is 6.27. The van der Waals surface area contributed by atoms with Crippen LogP contribution in [0.4, 0.5) is 0 Å². The summed E-state index contributed by atoms with van der Waals surface area (Å²) in [5.41, 5.74) is 2.02. The third kappa shape index (κ3) is 3.51. The van der Waals surface area contributed by atoms with Crippen LogP contribution in [0.1, 0.15) is 17.5 Å². The summed E-state index contributed by atoms with van der Waals surface area (Å²) in [6.45, 7) is 0.271. The Morgan fingerprint density at radius 2 is 1.86 bits per heavy atom. The molecular formula is C18H16O3. The molecule has 3 nitrogen and oxygen atoms in total. The third-order valence-electron chi connectivity index (χ3n) is 3.41. The van der Waals surface area contributed by atoms with Gasteiger partial charge in [0.05, 0.1) is 12.5 Å². The van der Waals surface area contributed by atoms with E-state index >= 15 is 0 Å². The Morgan fingerprint density at radius 3 is 2.67 bits per heavy atom.